The molecule has 0 aliphatic heterocycles. The van der Waals surface area contributed by atoms with E-state index in [9.17, 15) is 19.8 Å². The molecule has 4 fully saturated rings. The summed E-state index contributed by atoms with van der Waals surface area (Å²) in [5.41, 5.74) is 1.37. The molecule has 31 heavy (non-hydrogen) atoms. The number of rotatable bonds is 1. The summed E-state index contributed by atoms with van der Waals surface area (Å²) in [4.78, 5) is 25.7. The maximum atomic E-state index is 13.9. The van der Waals surface area contributed by atoms with Crippen molar-refractivity contribution >= 4 is 11.8 Å². The molecule has 0 bridgehead atoms. The van der Waals surface area contributed by atoms with Crippen LogP contribution in [-0.2, 0) is 9.59 Å². The van der Waals surface area contributed by atoms with Crippen LogP contribution in [0.15, 0.2) is 11.6 Å². The Hall–Kier alpha value is -1.16. The van der Waals surface area contributed by atoms with Crippen LogP contribution in [0.25, 0.3) is 0 Å². The van der Waals surface area contributed by atoms with Gasteiger partial charge in [-0.1, -0.05) is 33.3 Å². The van der Waals surface area contributed by atoms with Crippen LogP contribution < -0.4 is 0 Å². The van der Waals surface area contributed by atoms with Crippen LogP contribution in [0.2, 0.25) is 0 Å². The van der Waals surface area contributed by atoms with E-state index in [-0.39, 0.29) is 46.0 Å². The van der Waals surface area contributed by atoms with Gasteiger partial charge in [-0.15, -0.1) is 0 Å². The highest BCUT2D eigenvalue weighted by Crippen LogP contribution is 2.69. The van der Waals surface area contributed by atoms with Crippen LogP contribution in [0.1, 0.15) is 85.5 Å². The smallest absolute Gasteiger partial charge is 0.306 e. The van der Waals surface area contributed by atoms with E-state index in [0.717, 1.165) is 51.4 Å². The second kappa shape index (κ2) is 6.92. The van der Waals surface area contributed by atoms with Crippen molar-refractivity contribution in [2.75, 3.05) is 0 Å². The predicted molar refractivity (Wildman–Crippen MR) is 119 cm³/mol. The van der Waals surface area contributed by atoms with Crippen LogP contribution in [-0.4, -0.2) is 28.1 Å². The molecule has 0 saturated heterocycles. The maximum absolute atomic E-state index is 13.9. The molecule has 10 unspecified atom stereocenters. The zero-order valence-electron chi connectivity index (χ0n) is 19.7. The van der Waals surface area contributed by atoms with Crippen LogP contribution >= 0.6 is 0 Å². The number of ketones is 1. The van der Waals surface area contributed by atoms with Gasteiger partial charge in [-0.2, -0.15) is 0 Å². The topological polar surface area (TPSA) is 74.6 Å². The zero-order chi connectivity index (χ0) is 22.3. The van der Waals surface area contributed by atoms with Gasteiger partial charge in [-0.3, -0.25) is 9.59 Å². The number of aliphatic hydroxyl groups excluding tert-OH is 1. The lowest BCUT2D eigenvalue weighted by Crippen LogP contribution is -2.61. The van der Waals surface area contributed by atoms with Gasteiger partial charge in [0.15, 0.2) is 5.78 Å². The molecule has 0 aromatic heterocycles. The zero-order valence-corrected chi connectivity index (χ0v) is 19.7. The van der Waals surface area contributed by atoms with Gasteiger partial charge in [0.05, 0.1) is 12.0 Å². The molecule has 5 aliphatic rings. The predicted octanol–water partition coefficient (Wildman–Crippen LogP) is 5.24. The van der Waals surface area contributed by atoms with E-state index in [1.165, 1.54) is 5.57 Å². The molecule has 0 amide bonds. The van der Waals surface area contributed by atoms with Crippen molar-refractivity contribution in [3.63, 3.8) is 0 Å². The summed E-state index contributed by atoms with van der Waals surface area (Å²) in [5.74, 6) is 0.697. The largest absolute Gasteiger partial charge is 0.481 e. The van der Waals surface area contributed by atoms with E-state index in [0.29, 0.717) is 24.0 Å². The summed E-state index contributed by atoms with van der Waals surface area (Å²) >= 11 is 0. The third kappa shape index (κ3) is 2.89. The van der Waals surface area contributed by atoms with Crippen LogP contribution in [0.3, 0.4) is 0 Å². The fraction of sp³-hybridized carbons (Fsp3) is 0.852. The van der Waals surface area contributed by atoms with E-state index in [1.807, 2.05) is 6.08 Å². The van der Waals surface area contributed by atoms with Crippen molar-refractivity contribution in [2.24, 2.45) is 51.8 Å². The average Bonchev–Trinajstić information content (AvgIpc) is 2.69. The number of carbonyl (C=O) groups is 2. The minimum absolute atomic E-state index is 0.0330. The van der Waals surface area contributed by atoms with Crippen LogP contribution in [0.5, 0.6) is 0 Å². The van der Waals surface area contributed by atoms with E-state index >= 15 is 0 Å². The normalized spacial score (nSPS) is 54.0. The molecular formula is C27H40O4. The molecule has 4 heteroatoms. The first-order chi connectivity index (χ1) is 14.5. The minimum Gasteiger partial charge on any atom is -0.481 e. The Bertz CT molecular complexity index is 831. The Morgan fingerprint density at radius 3 is 2.35 bits per heavy atom. The second-order valence-electron chi connectivity index (χ2n) is 12.7. The number of allylic oxidation sites excluding steroid dienone is 2. The van der Waals surface area contributed by atoms with Gasteiger partial charge in [0, 0.05) is 5.92 Å². The molecule has 5 aliphatic carbocycles. The molecular weight excluding hydrogens is 388 g/mol. The van der Waals surface area contributed by atoms with Gasteiger partial charge < -0.3 is 10.2 Å². The molecule has 0 aromatic rings. The first-order valence-electron chi connectivity index (χ1n) is 12.7. The molecule has 4 saturated carbocycles. The fourth-order valence-corrected chi connectivity index (χ4v) is 9.59. The average molecular weight is 429 g/mol. The standard InChI is InChI=1S/C27H40O4/c1-15-18-7-11-27(4)19-6-10-25(2)9-5-16(24(30)31)13-20(25)17(19)14-22(29)23(27)26(18,3)12-8-21(15)28/h14-16,18-21,23,28H,5-13H2,1-4H3,(H,30,31). The summed E-state index contributed by atoms with van der Waals surface area (Å²) in [6.07, 6.45) is 10.4. The molecule has 0 aromatic carbocycles. The molecule has 0 radical (unpaired) electrons. The fourth-order valence-electron chi connectivity index (χ4n) is 9.59. The van der Waals surface area contributed by atoms with Crippen LogP contribution in [0, 0.1) is 51.8 Å². The first-order valence-corrected chi connectivity index (χ1v) is 12.7. The highest BCUT2D eigenvalue weighted by Gasteiger charge is 2.64. The lowest BCUT2D eigenvalue weighted by molar-refractivity contribution is -0.169. The number of aliphatic carboxylic acids is 1. The van der Waals surface area contributed by atoms with E-state index in [4.69, 9.17) is 0 Å². The Morgan fingerprint density at radius 2 is 1.65 bits per heavy atom. The van der Waals surface area contributed by atoms with E-state index in [2.05, 4.69) is 27.7 Å². The number of aliphatic hydroxyl groups is 1. The molecule has 172 valence electrons. The van der Waals surface area contributed by atoms with Crippen molar-refractivity contribution in [3.8, 4) is 0 Å². The lowest BCUT2D eigenvalue weighted by Gasteiger charge is -2.65. The number of hydrogen-bond donors (Lipinski definition) is 2. The number of hydrogen-bond acceptors (Lipinski definition) is 3. The maximum Gasteiger partial charge on any atom is 0.306 e. The third-order valence-electron chi connectivity index (χ3n) is 11.4. The van der Waals surface area contributed by atoms with Crippen molar-refractivity contribution in [3.05, 3.63) is 11.6 Å². The highest BCUT2D eigenvalue weighted by atomic mass is 16.4. The van der Waals surface area contributed by atoms with Gasteiger partial charge in [-0.05, 0) is 104 Å². The van der Waals surface area contributed by atoms with Gasteiger partial charge in [-0.25, -0.2) is 0 Å². The second-order valence-corrected chi connectivity index (χ2v) is 12.7. The summed E-state index contributed by atoms with van der Waals surface area (Å²) in [5, 5.41) is 20.2. The first kappa shape index (κ1) is 21.7. The third-order valence-corrected chi connectivity index (χ3v) is 11.4. The van der Waals surface area contributed by atoms with Crippen molar-refractivity contribution < 1.29 is 19.8 Å². The van der Waals surface area contributed by atoms with Crippen molar-refractivity contribution in [1.82, 2.24) is 0 Å². The summed E-state index contributed by atoms with van der Waals surface area (Å²) < 4.78 is 0. The Balaban J connectivity index is 1.55. The van der Waals surface area contributed by atoms with Crippen LogP contribution in [0.4, 0.5) is 0 Å². The molecule has 2 N–H and O–H groups in total. The monoisotopic (exact) mass is 428 g/mol. The number of carbonyl (C=O) groups excluding carboxylic acids is 1. The van der Waals surface area contributed by atoms with Gasteiger partial charge in [0.1, 0.15) is 0 Å². The molecule has 10 atom stereocenters. The minimum atomic E-state index is -0.668. The summed E-state index contributed by atoms with van der Waals surface area (Å²) in [7, 11) is 0. The van der Waals surface area contributed by atoms with E-state index < -0.39 is 5.97 Å². The summed E-state index contributed by atoms with van der Waals surface area (Å²) in [6.45, 7) is 9.25. The van der Waals surface area contributed by atoms with E-state index in [1.54, 1.807) is 0 Å². The highest BCUT2D eigenvalue weighted by molar-refractivity contribution is 5.95. The van der Waals surface area contributed by atoms with Gasteiger partial charge in [0.25, 0.3) is 0 Å². The van der Waals surface area contributed by atoms with Gasteiger partial charge >= 0.3 is 5.97 Å². The number of carboxylic acids is 1. The Morgan fingerprint density at radius 1 is 0.968 bits per heavy atom. The Labute approximate surface area is 186 Å². The quantitative estimate of drug-likeness (QED) is 0.599. The SMILES string of the molecule is CC1C(O)CCC2(C)C1CCC1(C)C3CCC4(C)CCC(C(=O)O)CC4C3=CC(=O)C12. The van der Waals surface area contributed by atoms with Crippen molar-refractivity contribution in [1.29, 1.82) is 0 Å². The molecule has 5 rings (SSSR count). The van der Waals surface area contributed by atoms with Gasteiger partial charge in [0.2, 0.25) is 0 Å². The van der Waals surface area contributed by atoms with Crippen molar-refractivity contribution in [2.45, 2.75) is 91.6 Å². The lowest BCUT2D eigenvalue weighted by atomic mass is 9.38. The summed E-state index contributed by atoms with van der Waals surface area (Å²) in [6, 6.07) is 0. The Kier molecular flexibility index (Phi) is 4.84. The number of fused-ring (bicyclic) bond motifs is 7. The molecule has 4 nitrogen and oxygen atoms in total. The molecule has 0 heterocycles. The number of carboxylic acid groups (broad SMARTS) is 1. The molecule has 0 spiro atoms.